The van der Waals surface area contributed by atoms with Crippen LogP contribution in [0.25, 0.3) is 27.9 Å². The average Bonchev–Trinajstić information content (AvgIpc) is 3.17. The van der Waals surface area contributed by atoms with Gasteiger partial charge in [0, 0.05) is 5.02 Å². The Kier molecular flexibility index (Phi) is 5.18. The van der Waals surface area contributed by atoms with Crippen LogP contribution in [0.1, 0.15) is 11.3 Å². The smallest absolute Gasteiger partial charge is 0.283 e. The van der Waals surface area contributed by atoms with Crippen LogP contribution in [-0.2, 0) is 6.54 Å². The summed E-state index contributed by atoms with van der Waals surface area (Å²) in [5, 5.41) is 13.7. The van der Waals surface area contributed by atoms with Crippen molar-refractivity contribution in [1.82, 2.24) is 29.4 Å². The van der Waals surface area contributed by atoms with Gasteiger partial charge < -0.3 is 9.47 Å². The van der Waals surface area contributed by atoms with E-state index in [4.69, 9.17) is 21.1 Å². The molecular formula is C23H19ClN6O3. The lowest BCUT2D eigenvalue weighted by molar-refractivity contribution is 0.354. The van der Waals surface area contributed by atoms with E-state index in [0.717, 1.165) is 22.4 Å². The fourth-order valence-corrected chi connectivity index (χ4v) is 3.93. The fourth-order valence-electron chi connectivity index (χ4n) is 3.81. The van der Waals surface area contributed by atoms with E-state index < -0.39 is 0 Å². The maximum atomic E-state index is 13.2. The number of methoxy groups -OCH3 is 2. The third-order valence-electron chi connectivity index (χ3n) is 5.41. The number of aryl methyl sites for hydroxylation is 1. The van der Waals surface area contributed by atoms with Crippen LogP contribution in [0.4, 0.5) is 0 Å². The number of hydrogen-bond donors (Lipinski definition) is 0. The summed E-state index contributed by atoms with van der Waals surface area (Å²) in [7, 11) is 3.14. The first-order valence-electron chi connectivity index (χ1n) is 10.1. The van der Waals surface area contributed by atoms with Gasteiger partial charge in [-0.2, -0.15) is 9.61 Å². The zero-order valence-corrected chi connectivity index (χ0v) is 18.9. The molecule has 0 aliphatic heterocycles. The van der Waals surface area contributed by atoms with E-state index in [0.29, 0.717) is 27.8 Å². The first-order valence-corrected chi connectivity index (χ1v) is 10.5. The van der Waals surface area contributed by atoms with E-state index in [1.54, 1.807) is 36.9 Å². The minimum Gasteiger partial charge on any atom is -0.493 e. The van der Waals surface area contributed by atoms with Gasteiger partial charge in [0.2, 0.25) is 0 Å². The summed E-state index contributed by atoms with van der Waals surface area (Å²) in [4.78, 5) is 17.7. The highest BCUT2D eigenvalue weighted by atomic mass is 35.5. The maximum absolute atomic E-state index is 13.2. The van der Waals surface area contributed by atoms with E-state index in [-0.39, 0.29) is 17.6 Å². The van der Waals surface area contributed by atoms with Gasteiger partial charge in [0.25, 0.3) is 5.56 Å². The minimum absolute atomic E-state index is 0.135. The van der Waals surface area contributed by atoms with Gasteiger partial charge in [-0.3, -0.25) is 9.36 Å². The molecule has 9 nitrogen and oxygen atoms in total. The van der Waals surface area contributed by atoms with Crippen molar-refractivity contribution in [2.75, 3.05) is 14.2 Å². The normalized spacial score (nSPS) is 11.3. The molecule has 0 amide bonds. The number of rotatable bonds is 5. The van der Waals surface area contributed by atoms with Crippen molar-refractivity contribution < 1.29 is 9.47 Å². The molecule has 0 aliphatic rings. The third-order valence-corrected chi connectivity index (χ3v) is 5.66. The second kappa shape index (κ2) is 8.18. The number of ether oxygens (including phenoxy) is 2. The first-order chi connectivity index (χ1) is 16.0. The van der Waals surface area contributed by atoms with Gasteiger partial charge in [-0.1, -0.05) is 29.8 Å². The predicted molar refractivity (Wildman–Crippen MR) is 124 cm³/mol. The van der Waals surface area contributed by atoms with Crippen molar-refractivity contribution in [3.05, 3.63) is 75.4 Å². The third kappa shape index (κ3) is 3.56. The summed E-state index contributed by atoms with van der Waals surface area (Å²) >= 11 is 6.02. The molecule has 5 rings (SSSR count). The zero-order valence-electron chi connectivity index (χ0n) is 18.1. The second-order valence-electron chi connectivity index (χ2n) is 7.44. The minimum atomic E-state index is -0.314. The molecule has 0 fully saturated rings. The molecule has 10 heteroatoms. The zero-order chi connectivity index (χ0) is 23.1. The summed E-state index contributed by atoms with van der Waals surface area (Å²) in [6.07, 6.45) is 1.49. The molecule has 0 N–H and O–H groups in total. The molecule has 33 heavy (non-hydrogen) atoms. The van der Waals surface area contributed by atoms with Crippen LogP contribution < -0.4 is 15.0 Å². The van der Waals surface area contributed by atoms with Crippen molar-refractivity contribution in [1.29, 1.82) is 0 Å². The molecule has 3 aromatic heterocycles. The molecule has 2 aromatic carbocycles. The van der Waals surface area contributed by atoms with Crippen LogP contribution in [0.15, 0.2) is 53.6 Å². The number of fused-ring (bicyclic) bond motifs is 3. The Morgan fingerprint density at radius 3 is 2.45 bits per heavy atom. The van der Waals surface area contributed by atoms with E-state index in [2.05, 4.69) is 20.3 Å². The van der Waals surface area contributed by atoms with E-state index in [1.165, 1.54) is 10.9 Å². The van der Waals surface area contributed by atoms with Crippen LogP contribution in [0, 0.1) is 6.92 Å². The molecule has 0 aliphatic carbocycles. The largest absolute Gasteiger partial charge is 0.493 e. The van der Waals surface area contributed by atoms with Crippen LogP contribution in [0.5, 0.6) is 11.5 Å². The highest BCUT2D eigenvalue weighted by Crippen LogP contribution is 2.29. The molecule has 0 spiro atoms. The second-order valence-corrected chi connectivity index (χ2v) is 7.88. The van der Waals surface area contributed by atoms with Gasteiger partial charge in [0.15, 0.2) is 28.3 Å². The molecule has 0 bridgehead atoms. The predicted octanol–water partition coefficient (Wildman–Crippen LogP) is 3.53. The molecule has 0 saturated carbocycles. The van der Waals surface area contributed by atoms with E-state index in [9.17, 15) is 4.79 Å². The topological polar surface area (TPSA) is 96.4 Å². The standard InChI is InChI=1S/C23H19ClN6O3/c1-13-19(15-5-7-16(24)8-6-15)21-27-26-20-22(30(21)28-13)25-12-29(23(20)31)11-14-4-9-17(32-2)18(10-14)33-3/h4-10,12H,11H2,1-3H3. The fraction of sp³-hybridized carbons (Fsp3) is 0.174. The Hall–Kier alpha value is -3.98. The van der Waals surface area contributed by atoms with Gasteiger partial charge in [-0.25, -0.2) is 4.98 Å². The summed E-state index contributed by atoms with van der Waals surface area (Å²) in [5.74, 6) is 1.20. The highest BCUT2D eigenvalue weighted by molar-refractivity contribution is 6.30. The number of aromatic nitrogens is 6. The van der Waals surface area contributed by atoms with Crippen LogP contribution in [0.2, 0.25) is 5.02 Å². The summed E-state index contributed by atoms with van der Waals surface area (Å²) in [6.45, 7) is 2.17. The monoisotopic (exact) mass is 462 g/mol. The van der Waals surface area contributed by atoms with Gasteiger partial charge in [0.05, 0.1) is 32.0 Å². The van der Waals surface area contributed by atoms with Gasteiger partial charge >= 0.3 is 0 Å². The SMILES string of the molecule is COc1ccc(Cn2cnc3c(nnc4c(-c5ccc(Cl)cc5)c(C)nn43)c2=O)cc1OC. The Labute approximate surface area is 193 Å². The summed E-state index contributed by atoms with van der Waals surface area (Å²) in [5.41, 5.74) is 4.00. The molecule has 0 atom stereocenters. The van der Waals surface area contributed by atoms with E-state index >= 15 is 0 Å². The first kappa shape index (κ1) is 20.9. The molecule has 0 saturated heterocycles. The van der Waals surface area contributed by atoms with Gasteiger partial charge in [0.1, 0.15) is 6.33 Å². The van der Waals surface area contributed by atoms with Crippen molar-refractivity contribution >= 4 is 28.4 Å². The van der Waals surface area contributed by atoms with Crippen LogP contribution in [-0.4, -0.2) is 43.6 Å². The lowest BCUT2D eigenvalue weighted by atomic mass is 10.1. The Balaban J connectivity index is 1.60. The van der Waals surface area contributed by atoms with Crippen molar-refractivity contribution in [2.45, 2.75) is 13.5 Å². The molecular weight excluding hydrogens is 444 g/mol. The van der Waals surface area contributed by atoms with Crippen LogP contribution >= 0.6 is 11.6 Å². The van der Waals surface area contributed by atoms with Gasteiger partial charge in [-0.05, 0) is 42.3 Å². The molecule has 0 radical (unpaired) electrons. The Bertz CT molecular complexity index is 1560. The van der Waals surface area contributed by atoms with Crippen molar-refractivity contribution in [3.8, 4) is 22.6 Å². The summed E-state index contributed by atoms with van der Waals surface area (Å²) in [6, 6.07) is 12.9. The molecule has 5 aromatic rings. The van der Waals surface area contributed by atoms with E-state index in [1.807, 2.05) is 31.2 Å². The average molecular weight is 463 g/mol. The molecule has 3 heterocycles. The number of hydrogen-bond acceptors (Lipinski definition) is 7. The number of nitrogens with zero attached hydrogens (tertiary/aromatic N) is 6. The summed E-state index contributed by atoms with van der Waals surface area (Å²) < 4.78 is 13.7. The van der Waals surface area contributed by atoms with Crippen molar-refractivity contribution in [2.24, 2.45) is 0 Å². The highest BCUT2D eigenvalue weighted by Gasteiger charge is 2.18. The molecule has 166 valence electrons. The number of halogens is 1. The van der Waals surface area contributed by atoms with Crippen LogP contribution in [0.3, 0.4) is 0 Å². The molecule has 0 unspecified atom stereocenters. The lowest BCUT2D eigenvalue weighted by Crippen LogP contribution is -2.23. The Morgan fingerprint density at radius 2 is 1.73 bits per heavy atom. The Morgan fingerprint density at radius 1 is 0.970 bits per heavy atom. The quantitative estimate of drug-likeness (QED) is 0.394. The maximum Gasteiger partial charge on any atom is 0.283 e. The van der Waals surface area contributed by atoms with Crippen molar-refractivity contribution in [3.63, 3.8) is 0 Å². The van der Waals surface area contributed by atoms with Gasteiger partial charge in [-0.15, -0.1) is 10.2 Å². The lowest BCUT2D eigenvalue weighted by Gasteiger charge is -2.11. The number of benzene rings is 2.